The van der Waals surface area contributed by atoms with Gasteiger partial charge in [-0.05, 0) is 31.0 Å². The third-order valence-electron chi connectivity index (χ3n) is 4.11. The molecule has 0 bridgehead atoms. The predicted octanol–water partition coefficient (Wildman–Crippen LogP) is 1.94. The van der Waals surface area contributed by atoms with E-state index < -0.39 is 0 Å². The maximum Gasteiger partial charge on any atom is 0.274 e. The van der Waals surface area contributed by atoms with Crippen molar-refractivity contribution in [3.05, 3.63) is 46.8 Å². The fourth-order valence-corrected chi connectivity index (χ4v) is 2.72. The number of amides is 1. The second-order valence-electron chi connectivity index (χ2n) is 5.36. The van der Waals surface area contributed by atoms with Gasteiger partial charge < -0.3 is 9.64 Å². The van der Waals surface area contributed by atoms with Gasteiger partial charge in [0.2, 0.25) is 0 Å². The molecule has 0 radical (unpaired) electrons. The summed E-state index contributed by atoms with van der Waals surface area (Å²) in [5.74, 6) is 0.849. The van der Waals surface area contributed by atoms with E-state index in [0.29, 0.717) is 12.2 Å². The quantitative estimate of drug-likeness (QED) is 0.866. The Hall–Kier alpha value is -2.30. The SMILES string of the molecule is COc1ccc(CN2CCc3c(nn(C)c3C)C2=O)cc1. The molecule has 1 aliphatic heterocycles. The number of aromatic nitrogens is 2. The maximum atomic E-state index is 12.5. The molecule has 1 amide bonds. The molecule has 1 aromatic heterocycles. The van der Waals surface area contributed by atoms with Gasteiger partial charge in [0, 0.05) is 31.4 Å². The molecule has 0 N–H and O–H groups in total. The number of carbonyl (C=O) groups is 1. The Kier molecular flexibility index (Phi) is 3.41. The molecule has 0 aliphatic carbocycles. The van der Waals surface area contributed by atoms with Crippen LogP contribution >= 0.6 is 0 Å². The van der Waals surface area contributed by atoms with Crippen LogP contribution in [0, 0.1) is 6.92 Å². The molecule has 0 saturated carbocycles. The third-order valence-corrected chi connectivity index (χ3v) is 4.11. The van der Waals surface area contributed by atoms with E-state index in [1.165, 1.54) is 0 Å². The van der Waals surface area contributed by atoms with Crippen LogP contribution in [0.15, 0.2) is 24.3 Å². The van der Waals surface area contributed by atoms with Crippen LogP contribution in [-0.2, 0) is 20.0 Å². The molecular formula is C16H19N3O2. The molecule has 0 spiro atoms. The minimum atomic E-state index is 0.0239. The summed E-state index contributed by atoms with van der Waals surface area (Å²) in [5, 5.41) is 4.36. The second-order valence-corrected chi connectivity index (χ2v) is 5.36. The highest BCUT2D eigenvalue weighted by molar-refractivity contribution is 5.95. The number of aryl methyl sites for hydroxylation is 1. The van der Waals surface area contributed by atoms with E-state index in [0.717, 1.165) is 35.5 Å². The van der Waals surface area contributed by atoms with E-state index in [-0.39, 0.29) is 5.91 Å². The van der Waals surface area contributed by atoms with Crippen LogP contribution in [0.25, 0.3) is 0 Å². The van der Waals surface area contributed by atoms with Gasteiger partial charge in [0.05, 0.1) is 7.11 Å². The molecule has 1 aromatic carbocycles. The van der Waals surface area contributed by atoms with Crippen LogP contribution in [0.1, 0.15) is 27.3 Å². The van der Waals surface area contributed by atoms with Crippen molar-refractivity contribution >= 4 is 5.91 Å². The van der Waals surface area contributed by atoms with Crippen molar-refractivity contribution in [1.82, 2.24) is 14.7 Å². The number of fused-ring (bicyclic) bond motifs is 1. The van der Waals surface area contributed by atoms with Crippen LogP contribution in [0.3, 0.4) is 0 Å². The summed E-state index contributed by atoms with van der Waals surface area (Å²) in [6.07, 6.45) is 0.872. The zero-order valence-corrected chi connectivity index (χ0v) is 12.6. The first kappa shape index (κ1) is 13.7. The molecule has 0 atom stereocenters. The lowest BCUT2D eigenvalue weighted by Crippen LogP contribution is -2.37. The van der Waals surface area contributed by atoms with Crippen LogP contribution in [0.5, 0.6) is 5.75 Å². The Morgan fingerprint density at radius 2 is 2.00 bits per heavy atom. The van der Waals surface area contributed by atoms with E-state index in [1.807, 2.05) is 43.1 Å². The average molecular weight is 285 g/mol. The molecule has 3 rings (SSSR count). The Labute approximate surface area is 124 Å². The molecule has 5 heteroatoms. The highest BCUT2D eigenvalue weighted by Crippen LogP contribution is 2.23. The summed E-state index contributed by atoms with van der Waals surface area (Å²) < 4.78 is 6.94. The van der Waals surface area contributed by atoms with Gasteiger partial charge in [-0.25, -0.2) is 0 Å². The summed E-state index contributed by atoms with van der Waals surface area (Å²) >= 11 is 0. The molecule has 5 nitrogen and oxygen atoms in total. The van der Waals surface area contributed by atoms with E-state index in [4.69, 9.17) is 4.74 Å². The van der Waals surface area contributed by atoms with Crippen molar-refractivity contribution in [3.8, 4) is 5.75 Å². The molecule has 1 aliphatic rings. The molecule has 2 heterocycles. The predicted molar refractivity (Wildman–Crippen MR) is 79.4 cm³/mol. The summed E-state index contributed by atoms with van der Waals surface area (Å²) in [5.41, 5.74) is 3.88. The van der Waals surface area contributed by atoms with Gasteiger partial charge in [0.1, 0.15) is 5.75 Å². The van der Waals surface area contributed by atoms with Gasteiger partial charge in [-0.3, -0.25) is 9.48 Å². The number of carbonyl (C=O) groups excluding carboxylic acids is 1. The van der Waals surface area contributed by atoms with Crippen molar-refractivity contribution in [1.29, 1.82) is 0 Å². The summed E-state index contributed by atoms with van der Waals surface area (Å²) in [6.45, 7) is 3.36. The minimum absolute atomic E-state index is 0.0239. The first-order valence-electron chi connectivity index (χ1n) is 7.05. The number of methoxy groups -OCH3 is 1. The van der Waals surface area contributed by atoms with Crippen LogP contribution in [-0.4, -0.2) is 34.2 Å². The number of ether oxygens (including phenoxy) is 1. The first-order valence-corrected chi connectivity index (χ1v) is 7.05. The molecule has 0 fully saturated rings. The average Bonchev–Trinajstić information content (AvgIpc) is 2.79. The van der Waals surface area contributed by atoms with Gasteiger partial charge in [0.25, 0.3) is 5.91 Å². The zero-order valence-electron chi connectivity index (χ0n) is 12.6. The Morgan fingerprint density at radius 1 is 1.29 bits per heavy atom. The minimum Gasteiger partial charge on any atom is -0.497 e. The second kappa shape index (κ2) is 5.24. The van der Waals surface area contributed by atoms with Gasteiger partial charge in [-0.2, -0.15) is 5.10 Å². The molecule has 0 saturated heterocycles. The van der Waals surface area contributed by atoms with E-state index >= 15 is 0 Å². The standard InChI is InChI=1S/C16H19N3O2/c1-11-14-8-9-19(16(20)15(14)17-18(11)2)10-12-4-6-13(21-3)7-5-12/h4-7H,8-10H2,1-3H3. The zero-order chi connectivity index (χ0) is 15.0. The van der Waals surface area contributed by atoms with Crippen LogP contribution in [0.4, 0.5) is 0 Å². The number of hydrogen-bond donors (Lipinski definition) is 0. The van der Waals surface area contributed by atoms with Gasteiger partial charge in [-0.1, -0.05) is 12.1 Å². The number of benzene rings is 1. The van der Waals surface area contributed by atoms with Gasteiger partial charge in [0.15, 0.2) is 5.69 Å². The number of rotatable bonds is 3. The normalized spacial score (nSPS) is 14.2. The molecular weight excluding hydrogens is 266 g/mol. The molecule has 110 valence electrons. The number of nitrogens with zero attached hydrogens (tertiary/aromatic N) is 3. The summed E-state index contributed by atoms with van der Waals surface area (Å²) in [6, 6.07) is 7.82. The Morgan fingerprint density at radius 3 is 2.67 bits per heavy atom. The summed E-state index contributed by atoms with van der Waals surface area (Å²) in [7, 11) is 3.53. The van der Waals surface area contributed by atoms with E-state index in [2.05, 4.69) is 5.10 Å². The Bertz CT molecular complexity index is 674. The first-order chi connectivity index (χ1) is 10.1. The lowest BCUT2D eigenvalue weighted by Gasteiger charge is -2.26. The fourth-order valence-electron chi connectivity index (χ4n) is 2.72. The smallest absolute Gasteiger partial charge is 0.274 e. The van der Waals surface area contributed by atoms with Crippen molar-refractivity contribution in [2.75, 3.05) is 13.7 Å². The van der Waals surface area contributed by atoms with Crippen LogP contribution in [0.2, 0.25) is 0 Å². The van der Waals surface area contributed by atoms with Crippen molar-refractivity contribution in [3.63, 3.8) is 0 Å². The highest BCUT2D eigenvalue weighted by Gasteiger charge is 2.29. The van der Waals surface area contributed by atoms with Gasteiger partial charge in [-0.15, -0.1) is 0 Å². The Balaban J connectivity index is 1.80. The van der Waals surface area contributed by atoms with Gasteiger partial charge >= 0.3 is 0 Å². The van der Waals surface area contributed by atoms with Crippen molar-refractivity contribution < 1.29 is 9.53 Å². The van der Waals surface area contributed by atoms with Crippen molar-refractivity contribution in [2.45, 2.75) is 19.9 Å². The van der Waals surface area contributed by atoms with Crippen LogP contribution < -0.4 is 4.74 Å². The van der Waals surface area contributed by atoms with E-state index in [9.17, 15) is 4.79 Å². The summed E-state index contributed by atoms with van der Waals surface area (Å²) in [4.78, 5) is 14.4. The van der Waals surface area contributed by atoms with Crippen molar-refractivity contribution in [2.24, 2.45) is 7.05 Å². The molecule has 21 heavy (non-hydrogen) atoms. The number of hydrogen-bond acceptors (Lipinski definition) is 3. The molecule has 2 aromatic rings. The lowest BCUT2D eigenvalue weighted by molar-refractivity contribution is 0.0720. The monoisotopic (exact) mass is 285 g/mol. The fraction of sp³-hybridized carbons (Fsp3) is 0.375. The largest absolute Gasteiger partial charge is 0.497 e. The highest BCUT2D eigenvalue weighted by atomic mass is 16.5. The topological polar surface area (TPSA) is 47.4 Å². The van der Waals surface area contributed by atoms with E-state index in [1.54, 1.807) is 11.8 Å². The maximum absolute atomic E-state index is 12.5. The third kappa shape index (κ3) is 2.39. The molecule has 0 unspecified atom stereocenters. The lowest BCUT2D eigenvalue weighted by atomic mass is 10.0.